The van der Waals surface area contributed by atoms with Crippen molar-refractivity contribution in [3.63, 3.8) is 0 Å². The standard InChI is InChI=1S/C60H49N/c1-59(2)55-18-12-11-17-51(55)52-34-27-47(37-56(52)59)45-25-31-49(32-26-45)61(48-29-23-43(24-30-48)41-15-9-6-10-16-41)50-33-36-54-53-35-28-46(38-57(53)60(3,4)58(54)39-50)44-21-19-42(20-22-44)40-13-7-5-8-14-40/h5-39,52,56H,1-4H3. The zero-order valence-electron chi connectivity index (χ0n) is 35.3. The average Bonchev–Trinajstić information content (AvgIpc) is 3.68. The number of nitrogens with zero attached hydrogens (tertiary/aromatic N) is 1. The van der Waals surface area contributed by atoms with Crippen LogP contribution in [0.5, 0.6) is 0 Å². The van der Waals surface area contributed by atoms with E-state index in [-0.39, 0.29) is 10.8 Å². The molecule has 0 saturated heterocycles. The number of benzene rings is 8. The van der Waals surface area contributed by atoms with Gasteiger partial charge in [0.15, 0.2) is 0 Å². The van der Waals surface area contributed by atoms with E-state index < -0.39 is 0 Å². The molecule has 0 fully saturated rings. The van der Waals surface area contributed by atoms with Crippen LogP contribution in [0.15, 0.2) is 212 Å². The summed E-state index contributed by atoms with van der Waals surface area (Å²) in [5.41, 5.74) is 21.6. The summed E-state index contributed by atoms with van der Waals surface area (Å²) in [6, 6.07) is 71.7. The second-order valence-electron chi connectivity index (χ2n) is 18.2. The highest BCUT2D eigenvalue weighted by molar-refractivity contribution is 5.88. The molecule has 2 unspecified atom stereocenters. The van der Waals surface area contributed by atoms with Gasteiger partial charge < -0.3 is 4.90 Å². The molecule has 0 aliphatic heterocycles. The van der Waals surface area contributed by atoms with Gasteiger partial charge in [-0.2, -0.15) is 0 Å². The Morgan fingerprint density at radius 2 is 0.852 bits per heavy atom. The van der Waals surface area contributed by atoms with Gasteiger partial charge in [0.2, 0.25) is 0 Å². The van der Waals surface area contributed by atoms with Crippen LogP contribution in [0.2, 0.25) is 0 Å². The number of rotatable bonds is 7. The lowest BCUT2D eigenvalue weighted by Crippen LogP contribution is -2.25. The first kappa shape index (κ1) is 37.1. The third-order valence-electron chi connectivity index (χ3n) is 14.0. The number of hydrogen-bond acceptors (Lipinski definition) is 1. The second kappa shape index (κ2) is 14.4. The van der Waals surface area contributed by atoms with E-state index in [2.05, 4.69) is 245 Å². The van der Waals surface area contributed by atoms with Gasteiger partial charge in [-0.05, 0) is 132 Å². The van der Waals surface area contributed by atoms with E-state index in [9.17, 15) is 0 Å². The minimum absolute atomic E-state index is 0.0800. The maximum absolute atomic E-state index is 2.53. The van der Waals surface area contributed by atoms with E-state index in [4.69, 9.17) is 0 Å². The molecule has 61 heavy (non-hydrogen) atoms. The summed E-state index contributed by atoms with van der Waals surface area (Å²) in [4.78, 5) is 2.43. The predicted octanol–water partition coefficient (Wildman–Crippen LogP) is 16.1. The molecule has 3 aliphatic rings. The van der Waals surface area contributed by atoms with Crippen molar-refractivity contribution in [2.75, 3.05) is 4.90 Å². The van der Waals surface area contributed by atoms with Crippen molar-refractivity contribution in [2.45, 2.75) is 44.4 Å². The Hall–Kier alpha value is -6.96. The number of fused-ring (bicyclic) bond motifs is 6. The molecule has 0 amide bonds. The van der Waals surface area contributed by atoms with Crippen molar-refractivity contribution in [1.29, 1.82) is 0 Å². The minimum atomic E-state index is -0.182. The van der Waals surface area contributed by atoms with Gasteiger partial charge in [0, 0.05) is 28.4 Å². The minimum Gasteiger partial charge on any atom is -0.310 e. The highest BCUT2D eigenvalue weighted by atomic mass is 15.1. The lowest BCUT2D eigenvalue weighted by atomic mass is 9.73. The number of hydrogen-bond donors (Lipinski definition) is 0. The Bertz CT molecular complexity index is 2980. The van der Waals surface area contributed by atoms with Crippen molar-refractivity contribution in [2.24, 2.45) is 5.92 Å². The fourth-order valence-electron chi connectivity index (χ4n) is 10.6. The Morgan fingerprint density at radius 1 is 0.393 bits per heavy atom. The van der Waals surface area contributed by atoms with Gasteiger partial charge in [0.05, 0.1) is 0 Å². The van der Waals surface area contributed by atoms with Crippen LogP contribution >= 0.6 is 0 Å². The van der Waals surface area contributed by atoms with E-state index in [1.54, 1.807) is 0 Å². The van der Waals surface area contributed by atoms with E-state index in [1.165, 1.54) is 77.9 Å². The SMILES string of the molecule is CC1(C)c2cc(-c3ccc(-c4ccccc4)cc3)ccc2-c2ccc(N(c3ccc(C4=CC5C(C=C4)c4ccccc4C5(C)C)cc3)c3ccc(-c4ccccc4)cc3)cc21. The van der Waals surface area contributed by atoms with Crippen LogP contribution in [0.25, 0.3) is 50.1 Å². The molecule has 0 aromatic heterocycles. The molecule has 11 rings (SSSR count). The summed E-state index contributed by atoms with van der Waals surface area (Å²) in [5.74, 6) is 0.858. The van der Waals surface area contributed by atoms with Crippen LogP contribution in [0, 0.1) is 5.92 Å². The molecule has 0 radical (unpaired) electrons. The molecule has 0 bridgehead atoms. The molecule has 0 spiro atoms. The summed E-state index contributed by atoms with van der Waals surface area (Å²) < 4.78 is 0. The van der Waals surface area contributed by atoms with Crippen LogP contribution in [-0.2, 0) is 10.8 Å². The average molecular weight is 784 g/mol. The molecule has 0 saturated carbocycles. The Kier molecular flexibility index (Phi) is 8.72. The molecule has 3 aliphatic carbocycles. The van der Waals surface area contributed by atoms with E-state index in [1.807, 2.05) is 0 Å². The van der Waals surface area contributed by atoms with Crippen molar-refractivity contribution < 1.29 is 0 Å². The Morgan fingerprint density at radius 3 is 1.48 bits per heavy atom. The quantitative estimate of drug-likeness (QED) is 0.156. The van der Waals surface area contributed by atoms with Gasteiger partial charge >= 0.3 is 0 Å². The lowest BCUT2D eigenvalue weighted by molar-refractivity contribution is 0.395. The summed E-state index contributed by atoms with van der Waals surface area (Å²) in [6.07, 6.45) is 7.32. The zero-order valence-corrected chi connectivity index (χ0v) is 35.3. The maximum atomic E-state index is 2.53. The van der Waals surface area contributed by atoms with E-state index >= 15 is 0 Å². The fourth-order valence-corrected chi connectivity index (χ4v) is 10.6. The monoisotopic (exact) mass is 783 g/mol. The maximum Gasteiger partial charge on any atom is 0.0465 e. The molecular formula is C60H49N. The summed E-state index contributed by atoms with van der Waals surface area (Å²) in [5, 5.41) is 0. The molecule has 1 heteroatoms. The van der Waals surface area contributed by atoms with Crippen LogP contribution in [0.3, 0.4) is 0 Å². The lowest BCUT2D eigenvalue weighted by Gasteiger charge is -2.31. The van der Waals surface area contributed by atoms with Gasteiger partial charge in [-0.25, -0.2) is 0 Å². The largest absolute Gasteiger partial charge is 0.310 e. The molecule has 294 valence electrons. The van der Waals surface area contributed by atoms with Crippen LogP contribution < -0.4 is 4.90 Å². The van der Waals surface area contributed by atoms with Crippen LogP contribution in [0.4, 0.5) is 17.1 Å². The highest BCUT2D eigenvalue weighted by Crippen LogP contribution is 2.55. The molecule has 0 heterocycles. The first-order chi connectivity index (χ1) is 29.7. The Balaban J connectivity index is 0.943. The third kappa shape index (κ3) is 6.22. The van der Waals surface area contributed by atoms with E-state index in [0.717, 1.165) is 17.1 Å². The number of allylic oxidation sites excluding steroid dienone is 4. The highest BCUT2D eigenvalue weighted by Gasteiger charge is 2.45. The van der Waals surface area contributed by atoms with Gasteiger partial charge in [-0.15, -0.1) is 0 Å². The molecular weight excluding hydrogens is 735 g/mol. The zero-order chi connectivity index (χ0) is 41.3. The van der Waals surface area contributed by atoms with Crippen LogP contribution in [0.1, 0.15) is 61.4 Å². The number of anilines is 3. The second-order valence-corrected chi connectivity index (χ2v) is 18.2. The van der Waals surface area contributed by atoms with Crippen molar-refractivity contribution in [3.8, 4) is 44.5 Å². The molecule has 2 atom stereocenters. The normalized spacial score (nSPS) is 17.5. The van der Waals surface area contributed by atoms with Gasteiger partial charge in [-0.3, -0.25) is 0 Å². The fraction of sp³-hybridized carbons (Fsp3) is 0.133. The summed E-state index contributed by atoms with van der Waals surface area (Å²) >= 11 is 0. The van der Waals surface area contributed by atoms with Crippen molar-refractivity contribution >= 4 is 22.6 Å². The Labute approximate surface area is 361 Å². The third-order valence-corrected chi connectivity index (χ3v) is 14.0. The van der Waals surface area contributed by atoms with Crippen molar-refractivity contribution in [3.05, 3.63) is 240 Å². The molecule has 8 aromatic carbocycles. The first-order valence-corrected chi connectivity index (χ1v) is 21.7. The smallest absolute Gasteiger partial charge is 0.0465 e. The van der Waals surface area contributed by atoms with Crippen molar-refractivity contribution in [1.82, 2.24) is 0 Å². The molecule has 0 N–H and O–H groups in total. The van der Waals surface area contributed by atoms with Gasteiger partial charge in [-0.1, -0.05) is 198 Å². The van der Waals surface area contributed by atoms with Gasteiger partial charge in [0.1, 0.15) is 0 Å². The summed E-state index contributed by atoms with van der Waals surface area (Å²) in [6.45, 7) is 9.59. The first-order valence-electron chi connectivity index (χ1n) is 21.7. The molecule has 8 aromatic rings. The van der Waals surface area contributed by atoms with Crippen LogP contribution in [-0.4, -0.2) is 0 Å². The topological polar surface area (TPSA) is 3.24 Å². The van der Waals surface area contributed by atoms with E-state index in [0.29, 0.717) is 11.8 Å². The van der Waals surface area contributed by atoms with Gasteiger partial charge in [0.25, 0.3) is 0 Å². The predicted molar refractivity (Wildman–Crippen MR) is 258 cm³/mol. The summed E-state index contributed by atoms with van der Waals surface area (Å²) in [7, 11) is 0. The molecule has 1 nitrogen and oxygen atoms in total.